The topological polar surface area (TPSA) is 68.0 Å². The number of aromatic carboxylic acids is 1. The Morgan fingerprint density at radius 1 is 0.909 bits per heavy atom. The Morgan fingerprint density at radius 2 is 1.64 bits per heavy atom. The summed E-state index contributed by atoms with van der Waals surface area (Å²) in [6.45, 7) is 2.56. The molecule has 4 rings (SSSR count). The molecule has 0 bridgehead atoms. The van der Waals surface area contributed by atoms with E-state index in [1.807, 2.05) is 66.2 Å². The average Bonchev–Trinajstić information content (AvgIpc) is 3.24. The Balaban J connectivity index is 1.54. The zero-order valence-corrected chi connectivity index (χ0v) is 18.5. The van der Waals surface area contributed by atoms with Crippen LogP contribution in [0.2, 0.25) is 0 Å². The Labute approximate surface area is 193 Å². The summed E-state index contributed by atoms with van der Waals surface area (Å²) in [4.78, 5) is 16.2. The maximum atomic E-state index is 11.5. The van der Waals surface area contributed by atoms with E-state index in [4.69, 9.17) is 5.10 Å². The maximum absolute atomic E-state index is 11.5. The minimum atomic E-state index is -0.931. The summed E-state index contributed by atoms with van der Waals surface area (Å²) in [5.41, 5.74) is 4.17. The van der Waals surface area contributed by atoms with Crippen LogP contribution in [0.15, 0.2) is 78.9 Å². The molecule has 0 aliphatic heterocycles. The average molecular weight is 436 g/mol. The Bertz CT molecular complexity index is 1300. The molecule has 0 spiro atoms. The van der Waals surface area contributed by atoms with Gasteiger partial charge in [0.25, 0.3) is 0 Å². The normalized spacial score (nSPS) is 10.5. The van der Waals surface area contributed by atoms with Crippen molar-refractivity contribution in [1.29, 1.82) is 0 Å². The molecule has 0 aliphatic carbocycles. The molecule has 1 heterocycles. The summed E-state index contributed by atoms with van der Waals surface area (Å²) in [5.74, 6) is 6.75. The van der Waals surface area contributed by atoms with Crippen LogP contribution in [0.3, 0.4) is 0 Å². The lowest BCUT2D eigenvalue weighted by atomic mass is 9.99. The van der Waals surface area contributed by atoms with Gasteiger partial charge in [-0.25, -0.2) is 14.5 Å². The first kappa shape index (κ1) is 22.0. The van der Waals surface area contributed by atoms with Crippen molar-refractivity contribution in [2.75, 3.05) is 0 Å². The summed E-state index contributed by atoms with van der Waals surface area (Å²) in [5, 5.41) is 14.2. The van der Waals surface area contributed by atoms with E-state index in [0.29, 0.717) is 23.5 Å². The molecule has 1 N–H and O–H groups in total. The van der Waals surface area contributed by atoms with Crippen molar-refractivity contribution in [3.63, 3.8) is 0 Å². The number of carboxylic acids is 1. The summed E-state index contributed by atoms with van der Waals surface area (Å²) >= 11 is 0. The molecular formula is C28H25N3O2. The molecule has 4 aromatic rings. The van der Waals surface area contributed by atoms with Crippen molar-refractivity contribution in [2.24, 2.45) is 0 Å². The highest BCUT2D eigenvalue weighted by molar-refractivity contribution is 5.95. The number of rotatable bonds is 7. The van der Waals surface area contributed by atoms with E-state index in [2.05, 4.69) is 29.0 Å². The number of hydrogen-bond acceptors (Lipinski definition) is 3. The second-order valence-corrected chi connectivity index (χ2v) is 7.70. The molecule has 5 nitrogen and oxygen atoms in total. The maximum Gasteiger partial charge on any atom is 0.336 e. The molecule has 0 amide bonds. The van der Waals surface area contributed by atoms with Crippen LogP contribution >= 0.6 is 0 Å². The molecule has 0 unspecified atom stereocenters. The van der Waals surface area contributed by atoms with Gasteiger partial charge in [-0.2, -0.15) is 5.10 Å². The van der Waals surface area contributed by atoms with Crippen molar-refractivity contribution in [3.05, 3.63) is 107 Å². The van der Waals surface area contributed by atoms with E-state index in [-0.39, 0.29) is 0 Å². The van der Waals surface area contributed by atoms with Gasteiger partial charge < -0.3 is 5.11 Å². The van der Waals surface area contributed by atoms with E-state index in [1.165, 1.54) is 5.56 Å². The fourth-order valence-electron chi connectivity index (χ4n) is 3.65. The fourth-order valence-corrected chi connectivity index (χ4v) is 3.65. The van der Waals surface area contributed by atoms with Crippen molar-refractivity contribution in [3.8, 4) is 23.0 Å². The van der Waals surface area contributed by atoms with Crippen LogP contribution in [0.4, 0.5) is 0 Å². The van der Waals surface area contributed by atoms with Gasteiger partial charge in [-0.05, 0) is 40.7 Å². The van der Waals surface area contributed by atoms with Crippen molar-refractivity contribution >= 4 is 5.97 Å². The van der Waals surface area contributed by atoms with Crippen LogP contribution in [0, 0.1) is 11.8 Å². The number of aromatic nitrogens is 3. The molecule has 33 heavy (non-hydrogen) atoms. The van der Waals surface area contributed by atoms with E-state index in [9.17, 15) is 9.90 Å². The van der Waals surface area contributed by atoms with E-state index in [1.54, 1.807) is 12.1 Å². The van der Waals surface area contributed by atoms with Crippen LogP contribution in [0.25, 0.3) is 11.1 Å². The number of carbonyl (C=O) groups is 1. The van der Waals surface area contributed by atoms with E-state index < -0.39 is 5.97 Å². The van der Waals surface area contributed by atoms with Crippen molar-refractivity contribution in [1.82, 2.24) is 14.8 Å². The summed E-state index contributed by atoms with van der Waals surface area (Å²) in [6.07, 6.45) is 2.38. The monoisotopic (exact) mass is 435 g/mol. The molecule has 1 aromatic heterocycles. The molecule has 0 radical (unpaired) electrons. The van der Waals surface area contributed by atoms with Crippen LogP contribution in [-0.2, 0) is 19.4 Å². The Kier molecular flexibility index (Phi) is 6.96. The summed E-state index contributed by atoms with van der Waals surface area (Å²) < 4.78 is 1.85. The van der Waals surface area contributed by atoms with Gasteiger partial charge in [-0.1, -0.05) is 85.6 Å². The quantitative estimate of drug-likeness (QED) is 0.403. The standard InChI is InChI=1S/C28H25N3O2/c1-2-3-13-27-29-26(19-16-21-9-5-4-6-10-21)30-31(27)20-22-14-17-23(18-15-22)24-11-7-8-12-25(24)28(32)33/h4-12,14-15,17-18H,2,16,19-20H2,1H3,(H,32,33). The van der Waals surface area contributed by atoms with E-state index in [0.717, 1.165) is 36.2 Å². The molecule has 164 valence electrons. The lowest BCUT2D eigenvalue weighted by Crippen LogP contribution is -2.05. The minimum absolute atomic E-state index is 0.293. The highest BCUT2D eigenvalue weighted by Gasteiger charge is 2.12. The Morgan fingerprint density at radius 3 is 2.36 bits per heavy atom. The predicted molar refractivity (Wildman–Crippen MR) is 129 cm³/mol. The molecule has 0 atom stereocenters. The van der Waals surface area contributed by atoms with Gasteiger partial charge in [0.2, 0.25) is 5.82 Å². The lowest BCUT2D eigenvalue weighted by molar-refractivity contribution is 0.0697. The third kappa shape index (κ3) is 5.55. The molecule has 3 aromatic carbocycles. The lowest BCUT2D eigenvalue weighted by Gasteiger charge is -2.08. The summed E-state index contributed by atoms with van der Waals surface area (Å²) in [6, 6.07) is 25.2. The largest absolute Gasteiger partial charge is 0.478 e. The smallest absolute Gasteiger partial charge is 0.336 e. The number of aryl methyl sites for hydroxylation is 2. The first-order valence-electron chi connectivity index (χ1n) is 11.0. The molecular weight excluding hydrogens is 410 g/mol. The third-order valence-electron chi connectivity index (χ3n) is 5.33. The number of benzene rings is 3. The van der Waals surface area contributed by atoms with Gasteiger partial charge in [0.05, 0.1) is 12.1 Å². The molecule has 0 aliphatic rings. The minimum Gasteiger partial charge on any atom is -0.478 e. The third-order valence-corrected chi connectivity index (χ3v) is 5.33. The van der Waals surface area contributed by atoms with E-state index >= 15 is 0 Å². The van der Waals surface area contributed by atoms with Gasteiger partial charge in [-0.3, -0.25) is 0 Å². The first-order chi connectivity index (χ1) is 16.1. The number of nitrogens with zero attached hydrogens (tertiary/aromatic N) is 3. The first-order valence-corrected chi connectivity index (χ1v) is 11.0. The predicted octanol–water partition coefficient (Wildman–Crippen LogP) is 5.24. The number of hydrogen-bond donors (Lipinski definition) is 1. The fraction of sp³-hybridized carbons (Fsp3) is 0.179. The molecule has 0 saturated carbocycles. The van der Waals surface area contributed by atoms with Gasteiger partial charge >= 0.3 is 5.97 Å². The van der Waals surface area contributed by atoms with Gasteiger partial charge in [-0.15, -0.1) is 0 Å². The molecule has 0 saturated heterocycles. The summed E-state index contributed by atoms with van der Waals surface area (Å²) in [7, 11) is 0. The van der Waals surface area contributed by atoms with Gasteiger partial charge in [0.1, 0.15) is 0 Å². The van der Waals surface area contributed by atoms with Gasteiger partial charge in [0, 0.05) is 12.8 Å². The van der Waals surface area contributed by atoms with Crippen molar-refractivity contribution < 1.29 is 9.90 Å². The zero-order chi connectivity index (χ0) is 23.0. The molecule has 0 fully saturated rings. The molecule has 5 heteroatoms. The SMILES string of the molecule is CCC#Cc1nc(CCc2ccccc2)nn1Cc1ccc(-c2ccccc2C(=O)O)cc1. The highest BCUT2D eigenvalue weighted by Crippen LogP contribution is 2.24. The Hall–Kier alpha value is -4.17. The number of carboxylic acid groups (broad SMARTS) is 1. The van der Waals surface area contributed by atoms with Crippen LogP contribution in [0.5, 0.6) is 0 Å². The van der Waals surface area contributed by atoms with Crippen molar-refractivity contribution in [2.45, 2.75) is 32.7 Å². The second-order valence-electron chi connectivity index (χ2n) is 7.70. The zero-order valence-electron chi connectivity index (χ0n) is 18.5. The van der Waals surface area contributed by atoms with Crippen LogP contribution in [-0.4, -0.2) is 25.8 Å². The van der Waals surface area contributed by atoms with Gasteiger partial charge in [0.15, 0.2) is 5.82 Å². The highest BCUT2D eigenvalue weighted by atomic mass is 16.4. The van der Waals surface area contributed by atoms with Crippen LogP contribution in [0.1, 0.15) is 46.5 Å². The second kappa shape index (κ2) is 10.4. The van der Waals surface area contributed by atoms with Crippen LogP contribution < -0.4 is 0 Å².